The molecule has 0 aromatic heterocycles. The zero-order valence-corrected chi connectivity index (χ0v) is 4.69. The average Bonchev–Trinajstić information content (AvgIpc) is 1.86. The summed E-state index contributed by atoms with van der Waals surface area (Å²) in [4.78, 5) is 10.6. The van der Waals surface area contributed by atoms with E-state index in [0.717, 1.165) is 0 Å². The van der Waals surface area contributed by atoms with E-state index in [1.807, 2.05) is 0 Å². The summed E-state index contributed by atoms with van der Waals surface area (Å²) in [5.41, 5.74) is 4.55. The Morgan fingerprint density at radius 1 is 1.88 bits per heavy atom. The summed E-state index contributed by atoms with van der Waals surface area (Å²) in [5, 5.41) is 5.30. The van der Waals surface area contributed by atoms with Crippen LogP contribution < -0.4 is 16.4 Å². The molecule has 1 fully saturated rings. The van der Waals surface area contributed by atoms with E-state index in [1.165, 1.54) is 0 Å². The molecular formula is C4H9N3O. The van der Waals surface area contributed by atoms with Crippen molar-refractivity contribution in [2.45, 2.75) is 12.6 Å². The van der Waals surface area contributed by atoms with Crippen LogP contribution in [0.4, 0.5) is 0 Å². The Morgan fingerprint density at radius 3 is 2.62 bits per heavy atom. The maximum Gasteiger partial charge on any atom is 0.255 e. The Balaban J connectivity index is 2.68. The smallest absolute Gasteiger partial charge is 0.255 e. The van der Waals surface area contributed by atoms with Crippen molar-refractivity contribution >= 4 is 5.91 Å². The fourth-order valence-corrected chi connectivity index (χ4v) is 0.572. The van der Waals surface area contributed by atoms with Gasteiger partial charge in [0, 0.05) is 0 Å². The molecule has 46 valence electrons. The topological polar surface area (TPSA) is 67.2 Å². The van der Waals surface area contributed by atoms with Crippen molar-refractivity contribution in [1.82, 2.24) is 10.6 Å². The molecule has 1 heterocycles. The van der Waals surface area contributed by atoms with E-state index in [-0.39, 0.29) is 5.91 Å². The lowest BCUT2D eigenvalue weighted by molar-refractivity contribution is -0.123. The van der Waals surface area contributed by atoms with Crippen LogP contribution in [0, 0.1) is 0 Å². The molecule has 1 amide bonds. The maximum atomic E-state index is 10.6. The highest BCUT2D eigenvalue weighted by Gasteiger charge is 2.32. The van der Waals surface area contributed by atoms with Crippen LogP contribution >= 0.6 is 0 Å². The molecule has 1 atom stereocenters. The minimum Gasteiger partial charge on any atom is -0.341 e. The van der Waals surface area contributed by atoms with Crippen molar-refractivity contribution in [2.24, 2.45) is 5.73 Å². The van der Waals surface area contributed by atoms with Gasteiger partial charge in [-0.2, -0.15) is 0 Å². The lowest BCUT2D eigenvalue weighted by atomic mass is 10.2. The Labute approximate surface area is 47.4 Å². The Hall–Kier alpha value is -0.610. The van der Waals surface area contributed by atoms with E-state index in [9.17, 15) is 4.79 Å². The van der Waals surface area contributed by atoms with Gasteiger partial charge in [0.25, 0.3) is 5.91 Å². The summed E-state index contributed by atoms with van der Waals surface area (Å²) in [5.74, 6) is -0.141. The van der Waals surface area contributed by atoms with Gasteiger partial charge in [-0.1, -0.05) is 0 Å². The molecule has 1 aliphatic heterocycles. The molecule has 0 bridgehead atoms. The molecule has 1 rings (SSSR count). The first-order valence-corrected chi connectivity index (χ1v) is 2.45. The molecule has 4 nitrogen and oxygen atoms in total. The first kappa shape index (κ1) is 5.53. The zero-order chi connectivity index (χ0) is 6.20. The van der Waals surface area contributed by atoms with E-state index >= 15 is 0 Å². The molecule has 4 heteroatoms. The molecule has 0 spiro atoms. The van der Waals surface area contributed by atoms with Gasteiger partial charge < -0.3 is 11.1 Å². The van der Waals surface area contributed by atoms with Gasteiger partial charge in [-0.15, -0.1) is 0 Å². The Bertz CT molecular complexity index is 120. The van der Waals surface area contributed by atoms with E-state index in [2.05, 4.69) is 10.6 Å². The van der Waals surface area contributed by atoms with E-state index in [0.29, 0.717) is 6.67 Å². The molecule has 4 N–H and O–H groups in total. The molecule has 1 saturated heterocycles. The van der Waals surface area contributed by atoms with E-state index in [4.69, 9.17) is 5.73 Å². The molecule has 1 unspecified atom stereocenters. The quantitative estimate of drug-likeness (QED) is 0.354. The minimum absolute atomic E-state index is 0.141. The number of nitrogens with two attached hydrogens (primary N) is 1. The van der Waals surface area contributed by atoms with Gasteiger partial charge in [0.2, 0.25) is 0 Å². The van der Waals surface area contributed by atoms with Crippen molar-refractivity contribution in [1.29, 1.82) is 0 Å². The highest BCUT2D eigenvalue weighted by molar-refractivity contribution is 5.86. The van der Waals surface area contributed by atoms with Crippen molar-refractivity contribution in [2.75, 3.05) is 6.67 Å². The van der Waals surface area contributed by atoms with Crippen molar-refractivity contribution in [3.05, 3.63) is 0 Å². The lowest BCUT2D eigenvalue weighted by Gasteiger charge is -2.11. The predicted octanol–water partition coefficient (Wildman–Crippen LogP) is -1.66. The van der Waals surface area contributed by atoms with Gasteiger partial charge in [0.05, 0.1) is 6.67 Å². The fourth-order valence-electron chi connectivity index (χ4n) is 0.572. The summed E-state index contributed by atoms with van der Waals surface area (Å²) in [6.07, 6.45) is 0. The van der Waals surface area contributed by atoms with E-state index in [1.54, 1.807) is 6.92 Å². The van der Waals surface area contributed by atoms with E-state index < -0.39 is 5.66 Å². The molecule has 0 aromatic rings. The molecular weight excluding hydrogens is 106 g/mol. The summed E-state index contributed by atoms with van der Waals surface area (Å²) in [6.45, 7) is 2.11. The van der Waals surface area contributed by atoms with Crippen LogP contribution in [0.5, 0.6) is 0 Å². The number of amides is 1. The third kappa shape index (κ3) is 0.677. The minimum atomic E-state index is -0.847. The maximum absolute atomic E-state index is 10.6. The van der Waals surface area contributed by atoms with Gasteiger partial charge >= 0.3 is 0 Å². The van der Waals surface area contributed by atoms with Crippen LogP contribution in [-0.2, 0) is 4.79 Å². The third-order valence-corrected chi connectivity index (χ3v) is 1.18. The van der Waals surface area contributed by atoms with Crippen molar-refractivity contribution < 1.29 is 4.79 Å². The molecule has 0 radical (unpaired) electrons. The summed E-state index contributed by atoms with van der Waals surface area (Å²) < 4.78 is 0. The number of rotatable bonds is 0. The van der Waals surface area contributed by atoms with Crippen LogP contribution in [0.3, 0.4) is 0 Å². The Morgan fingerprint density at radius 2 is 2.50 bits per heavy atom. The largest absolute Gasteiger partial charge is 0.341 e. The van der Waals surface area contributed by atoms with Crippen LogP contribution in [0.2, 0.25) is 0 Å². The van der Waals surface area contributed by atoms with Gasteiger partial charge in [-0.25, -0.2) is 0 Å². The second kappa shape index (κ2) is 1.43. The highest BCUT2D eigenvalue weighted by atomic mass is 16.2. The molecule has 8 heavy (non-hydrogen) atoms. The van der Waals surface area contributed by atoms with Crippen molar-refractivity contribution in [3.63, 3.8) is 0 Å². The number of hydrogen-bond donors (Lipinski definition) is 3. The second-order valence-corrected chi connectivity index (χ2v) is 2.06. The number of hydrogen-bond acceptors (Lipinski definition) is 3. The monoisotopic (exact) mass is 115 g/mol. The molecule has 0 aliphatic carbocycles. The first-order valence-electron chi connectivity index (χ1n) is 2.45. The van der Waals surface area contributed by atoms with Gasteiger partial charge in [0.15, 0.2) is 0 Å². The predicted molar refractivity (Wildman–Crippen MR) is 28.7 cm³/mol. The normalized spacial score (nSPS) is 37.5. The van der Waals surface area contributed by atoms with Crippen LogP contribution in [0.25, 0.3) is 0 Å². The SMILES string of the molecule is CC1(N)NCNC1=O. The van der Waals surface area contributed by atoms with Crippen molar-refractivity contribution in [3.8, 4) is 0 Å². The average molecular weight is 115 g/mol. The Kier molecular flexibility index (Phi) is 0.988. The lowest BCUT2D eigenvalue weighted by Crippen LogP contribution is -2.51. The summed E-state index contributed by atoms with van der Waals surface area (Å²) >= 11 is 0. The summed E-state index contributed by atoms with van der Waals surface area (Å²) in [7, 11) is 0. The first-order chi connectivity index (χ1) is 3.63. The third-order valence-electron chi connectivity index (χ3n) is 1.18. The molecule has 0 aromatic carbocycles. The zero-order valence-electron chi connectivity index (χ0n) is 4.69. The summed E-state index contributed by atoms with van der Waals surface area (Å²) in [6, 6.07) is 0. The molecule has 1 aliphatic rings. The van der Waals surface area contributed by atoms with Crippen LogP contribution in [-0.4, -0.2) is 18.2 Å². The number of carbonyl (C=O) groups is 1. The van der Waals surface area contributed by atoms with Crippen LogP contribution in [0.15, 0.2) is 0 Å². The number of carbonyl (C=O) groups excluding carboxylic acids is 1. The fraction of sp³-hybridized carbons (Fsp3) is 0.750. The number of nitrogens with one attached hydrogen (secondary N) is 2. The van der Waals surface area contributed by atoms with Gasteiger partial charge in [-0.05, 0) is 6.92 Å². The van der Waals surface area contributed by atoms with Crippen LogP contribution in [0.1, 0.15) is 6.92 Å². The van der Waals surface area contributed by atoms with Gasteiger partial charge in [-0.3, -0.25) is 10.1 Å². The standard InChI is InChI=1S/C4H9N3O/c1-4(5)3(8)6-2-7-4/h7H,2,5H2,1H3,(H,6,8). The van der Waals surface area contributed by atoms with Gasteiger partial charge in [0.1, 0.15) is 5.66 Å². The second-order valence-electron chi connectivity index (χ2n) is 2.06. The highest BCUT2D eigenvalue weighted by Crippen LogP contribution is 1.96. The molecule has 0 saturated carbocycles.